The lowest BCUT2D eigenvalue weighted by Gasteiger charge is -2.22. The number of hydrogen-bond acceptors (Lipinski definition) is 18. The lowest BCUT2D eigenvalue weighted by molar-refractivity contribution is 0.609. The van der Waals surface area contributed by atoms with Crippen LogP contribution in [0.1, 0.15) is 114 Å². The number of halogens is 3. The maximum Gasteiger partial charge on any atom is 0.263 e. The topological polar surface area (TPSA) is 277 Å². The Morgan fingerprint density at radius 2 is 0.658 bits per heavy atom. The van der Waals surface area contributed by atoms with E-state index in [1.165, 1.54) is 0 Å². The fourth-order valence-corrected chi connectivity index (χ4v) is 14.7. The Labute approximate surface area is 685 Å². The average Bonchev–Trinajstić information content (AvgIpc) is 0.775. The Morgan fingerprint density at radius 1 is 0.350 bits per heavy atom. The predicted molar refractivity (Wildman–Crippen MR) is 472 cm³/mol. The van der Waals surface area contributed by atoms with E-state index in [1.54, 1.807) is 57.6 Å². The molecule has 8 aromatic heterocycles. The van der Waals surface area contributed by atoms with Gasteiger partial charge in [-0.1, -0.05) is 169 Å². The molecule has 0 amide bonds. The zero-order valence-electron chi connectivity index (χ0n) is 66.6. The quantitative estimate of drug-likeness (QED) is 0.0494. The second-order valence-corrected chi connectivity index (χ2v) is 29.2. The first kappa shape index (κ1) is 81.3. The van der Waals surface area contributed by atoms with Gasteiger partial charge in [0.15, 0.2) is 17.5 Å². The van der Waals surface area contributed by atoms with Crippen LogP contribution in [0.4, 0.5) is 39.4 Å². The molecule has 4 atom stereocenters. The summed E-state index contributed by atoms with van der Waals surface area (Å²) in [4.78, 5) is 87.7. The van der Waals surface area contributed by atoms with Gasteiger partial charge in [-0.2, -0.15) is 4.98 Å². The highest BCUT2D eigenvalue weighted by atomic mass is 35.5. The largest absolute Gasteiger partial charge is 0.384 e. The van der Waals surface area contributed by atoms with Gasteiger partial charge in [-0.15, -0.1) is 0 Å². The summed E-state index contributed by atoms with van der Waals surface area (Å²) < 4.78 is 21.2. The summed E-state index contributed by atoms with van der Waals surface area (Å²) in [6, 6.07) is 70.7. The van der Waals surface area contributed by atoms with Crippen molar-refractivity contribution < 1.29 is 4.39 Å². The lowest BCUT2D eigenvalue weighted by atomic mass is 10.0. The number of para-hydroxylation sites is 4. The number of anilines is 6. The summed E-state index contributed by atoms with van der Waals surface area (Å²) in [6.07, 6.45) is 4.27. The van der Waals surface area contributed by atoms with Gasteiger partial charge >= 0.3 is 0 Å². The van der Waals surface area contributed by atoms with E-state index in [1.807, 2.05) is 269 Å². The summed E-state index contributed by atoms with van der Waals surface area (Å²) in [5, 5.41) is 23.3. The molecule has 16 rings (SSSR count). The van der Waals surface area contributed by atoms with E-state index in [2.05, 4.69) is 78.6 Å². The number of rotatable bonds is 17. The molecule has 0 spiro atoms. The number of pyridine rings is 4. The minimum Gasteiger partial charge on any atom is -0.384 e. The summed E-state index contributed by atoms with van der Waals surface area (Å²) in [5.74, 6) is 3.80. The Hall–Kier alpha value is -13.8. The lowest BCUT2D eigenvalue weighted by Crippen LogP contribution is -2.26. The molecule has 25 heteroatoms. The second-order valence-electron chi connectivity index (χ2n) is 28.4. The van der Waals surface area contributed by atoms with Gasteiger partial charge in [-0.25, -0.2) is 39.3 Å². The third-order valence-electron chi connectivity index (χ3n) is 19.9. The van der Waals surface area contributed by atoms with Crippen molar-refractivity contribution in [3.8, 4) is 22.7 Å². The molecule has 117 heavy (non-hydrogen) atoms. The van der Waals surface area contributed by atoms with Crippen LogP contribution in [-0.4, -0.2) is 65.2 Å². The van der Waals surface area contributed by atoms with Gasteiger partial charge in [0.05, 0.1) is 64.3 Å². The van der Waals surface area contributed by atoms with E-state index in [0.29, 0.717) is 62.1 Å². The fourth-order valence-electron chi connectivity index (χ4n) is 14.4. The smallest absolute Gasteiger partial charge is 0.263 e. The molecule has 0 radical (unpaired) electrons. The Bertz CT molecular complexity index is 6400. The minimum absolute atomic E-state index is 0.0335. The van der Waals surface area contributed by atoms with Crippen molar-refractivity contribution in [2.75, 3.05) is 39.4 Å². The molecule has 590 valence electrons. The number of nitrogens with one attached hydrogen (secondary N) is 5. The number of nitrogens with zero attached hydrogens (tertiary/aromatic N) is 12. The molecule has 16 aromatic rings. The standard InChI is InChI=1S/C23H22ClN5O.C23H21ClN4O.C23H21FN4O.C23H23N5O/c1-14-8-7-9-16-12-19(15(2)27-21-18(24)13-26-23(25-3)28-21)29(22(30)20(14)16)17-10-5-4-6-11-17;2*1-14-8-7-9-17-12-20(15(2)26-22-19(24)13-25-16(3)27-22)28(23(29)21(14)17)18-10-5-4-6-11-18;1-14-8-7-9-17-12-19(15(2)25-21-13-20(24)26-16(3)27-21)28(23(29)22(14)17)18-10-5-4-6-11-18/h4-13,15H,1-3H3,(H2,25,26,27,28);2*4-13,15H,1-3H3,(H,25,26,27);4-13,15H,1-3H3,(H3,24,25,26,27)/t4*15-/m0000/s1. The van der Waals surface area contributed by atoms with Gasteiger partial charge in [0.25, 0.3) is 22.2 Å². The maximum absolute atomic E-state index is 14.2. The van der Waals surface area contributed by atoms with E-state index in [0.717, 1.165) is 112 Å². The van der Waals surface area contributed by atoms with E-state index >= 15 is 0 Å². The monoisotopic (exact) mass is 1600 g/mol. The summed E-state index contributed by atoms with van der Waals surface area (Å²) in [7, 11) is 1.75. The predicted octanol–water partition coefficient (Wildman–Crippen LogP) is 19.0. The molecule has 0 saturated heterocycles. The molecule has 0 saturated carbocycles. The van der Waals surface area contributed by atoms with Crippen LogP contribution in [0, 0.1) is 54.3 Å². The first-order valence-corrected chi connectivity index (χ1v) is 38.8. The molecule has 0 aliphatic heterocycles. The van der Waals surface area contributed by atoms with Gasteiger partial charge in [-0.05, 0) is 193 Å². The molecule has 8 aromatic carbocycles. The van der Waals surface area contributed by atoms with Crippen LogP contribution in [0.2, 0.25) is 10.0 Å². The Morgan fingerprint density at radius 3 is 1.00 bits per heavy atom. The SMILES string of the molecule is CNc1ncc(Cl)c(N[C@@H](C)c2cc3cccc(C)c3c(=O)n2-c2ccccc2)n1.Cc1nc(N)cc(N[C@@H](C)c2cc3cccc(C)c3c(=O)n2-c2ccccc2)n1.Cc1ncc(Cl)c(N[C@@H](C)c2cc3cccc(C)c3c(=O)n2-c2ccccc2)n1.Cc1ncc(F)c(N[C@@H](C)c2cc3cccc(C)c3c(=O)n2-c2ccccc2)n1. The highest BCUT2D eigenvalue weighted by Gasteiger charge is 2.25. The van der Waals surface area contributed by atoms with Crippen molar-refractivity contribution >= 4 is 101 Å². The fraction of sp³-hybridized carbons (Fsp3) is 0.174. The van der Waals surface area contributed by atoms with Crippen LogP contribution >= 0.6 is 23.2 Å². The maximum atomic E-state index is 14.2. The van der Waals surface area contributed by atoms with E-state index in [-0.39, 0.29) is 52.2 Å². The van der Waals surface area contributed by atoms with Gasteiger partial charge in [-0.3, -0.25) is 37.4 Å². The van der Waals surface area contributed by atoms with Crippen molar-refractivity contribution in [3.05, 3.63) is 363 Å². The third-order valence-corrected chi connectivity index (χ3v) is 20.5. The minimum atomic E-state index is -0.535. The molecule has 0 fully saturated rings. The van der Waals surface area contributed by atoms with Crippen LogP contribution in [0.15, 0.2) is 262 Å². The number of aryl methyl sites for hydroxylation is 7. The second kappa shape index (κ2) is 35.7. The van der Waals surface area contributed by atoms with Crippen LogP contribution in [-0.2, 0) is 0 Å². The van der Waals surface area contributed by atoms with Crippen LogP contribution in [0.3, 0.4) is 0 Å². The van der Waals surface area contributed by atoms with Crippen molar-refractivity contribution in [1.29, 1.82) is 0 Å². The Kier molecular flexibility index (Phi) is 24.8. The summed E-state index contributed by atoms with van der Waals surface area (Å²) in [6.45, 7) is 21.0. The molecule has 22 nitrogen and oxygen atoms in total. The third kappa shape index (κ3) is 17.9. The summed E-state index contributed by atoms with van der Waals surface area (Å²) in [5.41, 5.74) is 15.8. The van der Waals surface area contributed by atoms with Gasteiger partial charge in [0, 0.05) is 58.6 Å². The molecule has 0 bridgehead atoms. The molecular weight excluding hydrogens is 1510 g/mol. The van der Waals surface area contributed by atoms with Crippen LogP contribution in [0.5, 0.6) is 0 Å². The van der Waals surface area contributed by atoms with Crippen LogP contribution < -0.4 is 54.6 Å². The van der Waals surface area contributed by atoms with E-state index in [9.17, 15) is 23.6 Å². The van der Waals surface area contributed by atoms with Crippen LogP contribution in [0.25, 0.3) is 65.8 Å². The number of fused-ring (bicyclic) bond motifs is 4. The number of nitrogens with two attached hydrogens (primary N) is 1. The number of benzene rings is 8. The molecule has 0 aliphatic rings. The molecule has 0 aliphatic carbocycles. The molecular formula is C92H87Cl2FN18O4. The van der Waals surface area contributed by atoms with Crippen molar-refractivity contribution in [1.82, 2.24) is 58.1 Å². The first-order chi connectivity index (χ1) is 56.3. The highest BCUT2D eigenvalue weighted by molar-refractivity contribution is 6.33. The number of aromatic nitrogens is 12. The van der Waals surface area contributed by atoms with Crippen molar-refractivity contribution in [2.24, 2.45) is 0 Å². The van der Waals surface area contributed by atoms with Crippen molar-refractivity contribution in [3.63, 3.8) is 0 Å². The normalized spacial score (nSPS) is 12.1. The van der Waals surface area contributed by atoms with Gasteiger partial charge in [0.2, 0.25) is 5.95 Å². The Balaban J connectivity index is 0.000000135. The first-order valence-electron chi connectivity index (χ1n) is 38.0. The number of hydrogen-bond donors (Lipinski definition) is 6. The zero-order valence-corrected chi connectivity index (χ0v) is 68.1. The molecule has 7 N–H and O–H groups in total. The van der Waals surface area contributed by atoms with Gasteiger partial charge < -0.3 is 32.3 Å². The summed E-state index contributed by atoms with van der Waals surface area (Å²) >= 11 is 12.6. The number of nitrogen functional groups attached to an aromatic ring is 1. The molecule has 8 heterocycles. The van der Waals surface area contributed by atoms with Gasteiger partial charge in [0.1, 0.15) is 45.0 Å². The van der Waals surface area contributed by atoms with E-state index < -0.39 is 5.82 Å². The van der Waals surface area contributed by atoms with E-state index in [4.69, 9.17) is 28.9 Å². The average molecular weight is 1600 g/mol. The van der Waals surface area contributed by atoms with Crippen molar-refractivity contribution in [2.45, 2.75) is 100 Å². The zero-order chi connectivity index (χ0) is 82.9. The molecule has 0 unspecified atom stereocenters. The highest BCUT2D eigenvalue weighted by Crippen LogP contribution is 2.33.